The maximum absolute atomic E-state index is 12.4. The van der Waals surface area contributed by atoms with E-state index in [1.165, 1.54) is 6.21 Å². The molecule has 0 bridgehead atoms. The number of carbonyl (C=O) groups excluding carboxylic acids is 2. The quantitative estimate of drug-likeness (QED) is 0.207. The fourth-order valence-electron chi connectivity index (χ4n) is 2.59. The zero-order valence-electron chi connectivity index (χ0n) is 16.9. The minimum Gasteiger partial charge on any atom is -0.494 e. The number of nitrogens with one attached hydrogen (secondary N) is 1. The molecule has 7 heteroatoms. The Morgan fingerprint density at radius 2 is 1.74 bits per heavy atom. The predicted octanol–water partition coefficient (Wildman–Crippen LogP) is 5.22. The molecule has 0 fully saturated rings. The summed E-state index contributed by atoms with van der Waals surface area (Å²) < 4.78 is 11.8. The third kappa shape index (κ3) is 6.52. The molecule has 6 nitrogen and oxygen atoms in total. The number of ether oxygens (including phenoxy) is 2. The lowest BCUT2D eigenvalue weighted by Crippen LogP contribution is -2.17. The topological polar surface area (TPSA) is 77.0 Å². The van der Waals surface area contributed by atoms with Crippen molar-refractivity contribution in [3.8, 4) is 11.5 Å². The second kappa shape index (κ2) is 11.1. The maximum atomic E-state index is 12.4. The van der Waals surface area contributed by atoms with Gasteiger partial charge in [-0.1, -0.05) is 41.1 Å². The first-order valence-corrected chi connectivity index (χ1v) is 10.5. The number of carbonyl (C=O) groups is 2. The minimum atomic E-state index is -0.480. The number of hydrogen-bond acceptors (Lipinski definition) is 5. The molecular formula is C24H21BrN2O4. The molecule has 3 aromatic rings. The van der Waals surface area contributed by atoms with Crippen LogP contribution in [0.2, 0.25) is 0 Å². The highest BCUT2D eigenvalue weighted by molar-refractivity contribution is 9.10. The molecule has 1 amide bonds. The van der Waals surface area contributed by atoms with E-state index in [0.29, 0.717) is 34.8 Å². The molecule has 0 heterocycles. The number of hydrogen-bond donors (Lipinski definition) is 1. The second-order valence-electron chi connectivity index (χ2n) is 6.51. The molecule has 0 aromatic heterocycles. The summed E-state index contributed by atoms with van der Waals surface area (Å²) in [5.74, 6) is 0.191. The lowest BCUT2D eigenvalue weighted by molar-refractivity contribution is 0.0734. The highest BCUT2D eigenvalue weighted by Crippen LogP contribution is 2.23. The minimum absolute atomic E-state index is 0.326. The van der Waals surface area contributed by atoms with Crippen molar-refractivity contribution in [2.75, 3.05) is 6.61 Å². The van der Waals surface area contributed by atoms with Gasteiger partial charge >= 0.3 is 5.97 Å². The monoisotopic (exact) mass is 480 g/mol. The Morgan fingerprint density at radius 3 is 2.45 bits per heavy atom. The molecule has 0 aliphatic heterocycles. The normalized spacial score (nSPS) is 10.6. The van der Waals surface area contributed by atoms with Crippen LogP contribution in [0.4, 0.5) is 0 Å². The van der Waals surface area contributed by atoms with Crippen molar-refractivity contribution in [2.24, 2.45) is 5.10 Å². The molecule has 1 N–H and O–H groups in total. The van der Waals surface area contributed by atoms with Gasteiger partial charge in [-0.3, -0.25) is 4.79 Å². The number of hydrazone groups is 1. The lowest BCUT2D eigenvalue weighted by atomic mass is 10.2. The number of halogens is 1. The van der Waals surface area contributed by atoms with Crippen molar-refractivity contribution in [3.63, 3.8) is 0 Å². The largest absolute Gasteiger partial charge is 0.494 e. The highest BCUT2D eigenvalue weighted by Gasteiger charge is 2.11. The van der Waals surface area contributed by atoms with Crippen LogP contribution in [-0.4, -0.2) is 24.7 Å². The molecule has 0 atom stereocenters. The second-order valence-corrected chi connectivity index (χ2v) is 7.43. The molecule has 0 aliphatic carbocycles. The molecule has 158 valence electrons. The van der Waals surface area contributed by atoms with Gasteiger partial charge in [-0.15, -0.1) is 0 Å². The molecule has 3 aromatic carbocycles. The van der Waals surface area contributed by atoms with Crippen molar-refractivity contribution in [2.45, 2.75) is 13.3 Å². The van der Waals surface area contributed by atoms with Gasteiger partial charge in [-0.25, -0.2) is 10.2 Å². The highest BCUT2D eigenvalue weighted by atomic mass is 79.9. The standard InChI is InChI=1S/C24H21BrN2O4/c1-2-14-30-21-11-8-17(9-12-21)23(28)27-26-16-19-15-20(25)10-13-22(19)31-24(29)18-6-4-3-5-7-18/h3-13,15-16H,2,14H2,1H3,(H,27,28). The van der Waals surface area contributed by atoms with E-state index >= 15 is 0 Å². The average molecular weight is 481 g/mol. The van der Waals surface area contributed by atoms with Gasteiger partial charge in [0.1, 0.15) is 11.5 Å². The van der Waals surface area contributed by atoms with Crippen molar-refractivity contribution in [3.05, 3.63) is 94.0 Å². The predicted molar refractivity (Wildman–Crippen MR) is 123 cm³/mol. The maximum Gasteiger partial charge on any atom is 0.343 e. The van der Waals surface area contributed by atoms with Crippen LogP contribution in [0.25, 0.3) is 0 Å². The van der Waals surface area contributed by atoms with Crippen LogP contribution in [0.1, 0.15) is 39.6 Å². The number of nitrogens with zero attached hydrogens (tertiary/aromatic N) is 1. The zero-order chi connectivity index (χ0) is 22.1. The summed E-state index contributed by atoms with van der Waals surface area (Å²) in [7, 11) is 0. The summed E-state index contributed by atoms with van der Waals surface area (Å²) >= 11 is 3.39. The fraction of sp³-hybridized carbons (Fsp3) is 0.125. The van der Waals surface area contributed by atoms with E-state index in [9.17, 15) is 9.59 Å². The molecule has 0 radical (unpaired) electrons. The summed E-state index contributed by atoms with van der Waals surface area (Å²) in [6.45, 7) is 2.65. The lowest BCUT2D eigenvalue weighted by Gasteiger charge is -2.08. The van der Waals surface area contributed by atoms with E-state index in [1.54, 1.807) is 66.7 Å². The van der Waals surface area contributed by atoms with Crippen LogP contribution in [-0.2, 0) is 0 Å². The van der Waals surface area contributed by atoms with Crippen molar-refractivity contribution < 1.29 is 19.1 Å². The Bertz CT molecular complexity index is 1070. The van der Waals surface area contributed by atoms with E-state index in [-0.39, 0.29) is 5.91 Å². The van der Waals surface area contributed by atoms with Crippen molar-refractivity contribution in [1.82, 2.24) is 5.43 Å². The molecule has 0 aliphatic rings. The van der Waals surface area contributed by atoms with Crippen molar-refractivity contribution >= 4 is 34.0 Å². The van der Waals surface area contributed by atoms with Crippen LogP contribution < -0.4 is 14.9 Å². The summed E-state index contributed by atoms with van der Waals surface area (Å²) in [6.07, 6.45) is 2.34. The Balaban J connectivity index is 1.66. The summed E-state index contributed by atoms with van der Waals surface area (Å²) in [5, 5.41) is 4.00. The first kappa shape index (κ1) is 22.2. The van der Waals surface area contributed by atoms with E-state index in [0.717, 1.165) is 10.9 Å². The number of rotatable bonds is 8. The molecular weight excluding hydrogens is 460 g/mol. The summed E-state index contributed by atoms with van der Waals surface area (Å²) in [6, 6.07) is 20.7. The molecule has 0 spiro atoms. The third-order valence-electron chi connectivity index (χ3n) is 4.14. The Kier molecular flexibility index (Phi) is 7.95. The molecule has 3 rings (SSSR count). The SMILES string of the molecule is CCCOc1ccc(C(=O)NN=Cc2cc(Br)ccc2OC(=O)c2ccccc2)cc1. The van der Waals surface area contributed by atoms with Gasteiger partial charge in [0, 0.05) is 15.6 Å². The Labute approximate surface area is 189 Å². The molecule has 0 unspecified atom stereocenters. The molecule has 31 heavy (non-hydrogen) atoms. The van der Waals surface area contributed by atoms with Gasteiger partial charge in [-0.2, -0.15) is 5.10 Å². The third-order valence-corrected chi connectivity index (χ3v) is 4.64. The smallest absolute Gasteiger partial charge is 0.343 e. The average Bonchev–Trinajstić information content (AvgIpc) is 2.80. The first-order chi connectivity index (χ1) is 15.1. The van der Waals surface area contributed by atoms with Crippen LogP contribution >= 0.6 is 15.9 Å². The van der Waals surface area contributed by atoms with Crippen LogP contribution in [0.3, 0.4) is 0 Å². The van der Waals surface area contributed by atoms with Crippen LogP contribution in [0.5, 0.6) is 11.5 Å². The summed E-state index contributed by atoms with van der Waals surface area (Å²) in [5.41, 5.74) is 3.89. The Morgan fingerprint density at radius 1 is 1.00 bits per heavy atom. The molecule has 0 saturated carbocycles. The number of esters is 1. The van der Waals surface area contributed by atoms with Gasteiger partial charge in [0.25, 0.3) is 5.91 Å². The fourth-order valence-corrected chi connectivity index (χ4v) is 2.97. The summed E-state index contributed by atoms with van der Waals surface area (Å²) in [4.78, 5) is 24.7. The van der Waals surface area contributed by atoms with E-state index in [2.05, 4.69) is 26.5 Å². The van der Waals surface area contributed by atoms with E-state index < -0.39 is 5.97 Å². The molecule has 0 saturated heterocycles. The van der Waals surface area contributed by atoms with Gasteiger partial charge in [0.15, 0.2) is 0 Å². The van der Waals surface area contributed by atoms with Gasteiger partial charge in [0.05, 0.1) is 18.4 Å². The van der Waals surface area contributed by atoms with E-state index in [1.807, 2.05) is 13.0 Å². The Hall–Kier alpha value is -3.45. The van der Waals surface area contributed by atoms with Gasteiger partial charge in [0.2, 0.25) is 0 Å². The van der Waals surface area contributed by atoms with Gasteiger partial charge < -0.3 is 9.47 Å². The van der Waals surface area contributed by atoms with Gasteiger partial charge in [-0.05, 0) is 61.0 Å². The zero-order valence-corrected chi connectivity index (χ0v) is 18.5. The number of benzene rings is 3. The first-order valence-electron chi connectivity index (χ1n) is 9.70. The number of amides is 1. The van der Waals surface area contributed by atoms with Crippen LogP contribution in [0, 0.1) is 0 Å². The van der Waals surface area contributed by atoms with Crippen LogP contribution in [0.15, 0.2) is 82.4 Å². The van der Waals surface area contributed by atoms with E-state index in [4.69, 9.17) is 9.47 Å². The van der Waals surface area contributed by atoms with Crippen molar-refractivity contribution in [1.29, 1.82) is 0 Å².